The van der Waals surface area contributed by atoms with Gasteiger partial charge in [-0.05, 0) is 45.6 Å². The predicted molar refractivity (Wildman–Crippen MR) is 104 cm³/mol. The summed E-state index contributed by atoms with van der Waals surface area (Å²) in [6.45, 7) is 7.32. The Morgan fingerprint density at radius 3 is 2.70 bits per heavy atom. The summed E-state index contributed by atoms with van der Waals surface area (Å²) in [5.74, 6) is 0. The van der Waals surface area contributed by atoms with Crippen LogP contribution in [0.3, 0.4) is 0 Å². The van der Waals surface area contributed by atoms with Gasteiger partial charge in [0.15, 0.2) is 0 Å². The SMILES string of the molecule is CC(C)(C)OC(=O)N1CCCCC1c1nnc(COCc2ccccc2)s1. The number of ether oxygens (including phenoxy) is 2. The van der Waals surface area contributed by atoms with E-state index in [1.165, 1.54) is 11.3 Å². The molecule has 1 aromatic heterocycles. The van der Waals surface area contributed by atoms with Crippen molar-refractivity contribution in [1.29, 1.82) is 0 Å². The van der Waals surface area contributed by atoms with Gasteiger partial charge >= 0.3 is 6.09 Å². The molecule has 1 saturated heterocycles. The lowest BCUT2D eigenvalue weighted by Crippen LogP contribution is -2.41. The monoisotopic (exact) mass is 389 g/mol. The molecule has 27 heavy (non-hydrogen) atoms. The molecule has 1 atom stereocenters. The smallest absolute Gasteiger partial charge is 0.410 e. The van der Waals surface area contributed by atoms with Crippen molar-refractivity contribution in [2.24, 2.45) is 0 Å². The van der Waals surface area contributed by atoms with Crippen molar-refractivity contribution < 1.29 is 14.3 Å². The zero-order valence-corrected chi connectivity index (χ0v) is 17.0. The van der Waals surface area contributed by atoms with Crippen LogP contribution in [-0.2, 0) is 22.7 Å². The quantitative estimate of drug-likeness (QED) is 0.740. The second-order valence-electron chi connectivity index (χ2n) is 7.70. The summed E-state index contributed by atoms with van der Waals surface area (Å²) in [7, 11) is 0. The van der Waals surface area contributed by atoms with E-state index < -0.39 is 5.60 Å². The van der Waals surface area contributed by atoms with Gasteiger partial charge in [0, 0.05) is 6.54 Å². The van der Waals surface area contributed by atoms with Gasteiger partial charge in [0.2, 0.25) is 0 Å². The average molecular weight is 390 g/mol. The van der Waals surface area contributed by atoms with Crippen LogP contribution in [0.15, 0.2) is 30.3 Å². The summed E-state index contributed by atoms with van der Waals surface area (Å²) < 4.78 is 11.3. The molecule has 0 spiro atoms. The average Bonchev–Trinajstić information content (AvgIpc) is 3.10. The van der Waals surface area contributed by atoms with Crippen LogP contribution in [0.25, 0.3) is 0 Å². The minimum Gasteiger partial charge on any atom is -0.444 e. The molecule has 0 aliphatic carbocycles. The summed E-state index contributed by atoms with van der Waals surface area (Å²) >= 11 is 1.52. The van der Waals surface area contributed by atoms with Crippen molar-refractivity contribution in [1.82, 2.24) is 15.1 Å². The fraction of sp³-hybridized carbons (Fsp3) is 0.550. The number of hydrogen-bond acceptors (Lipinski definition) is 6. The molecule has 1 amide bonds. The van der Waals surface area contributed by atoms with Gasteiger partial charge in [-0.25, -0.2) is 4.79 Å². The fourth-order valence-electron chi connectivity index (χ4n) is 3.02. The largest absolute Gasteiger partial charge is 0.444 e. The van der Waals surface area contributed by atoms with Gasteiger partial charge in [0.25, 0.3) is 0 Å². The van der Waals surface area contributed by atoms with E-state index in [9.17, 15) is 4.79 Å². The third-order valence-corrected chi connectivity index (χ3v) is 5.23. The number of hydrogen-bond donors (Lipinski definition) is 0. The third kappa shape index (κ3) is 5.74. The molecule has 0 radical (unpaired) electrons. The molecule has 1 aliphatic heterocycles. The van der Waals surface area contributed by atoms with E-state index in [4.69, 9.17) is 9.47 Å². The van der Waals surface area contributed by atoms with E-state index in [0.717, 1.165) is 34.8 Å². The van der Waals surface area contributed by atoms with Crippen molar-refractivity contribution in [2.75, 3.05) is 6.54 Å². The van der Waals surface area contributed by atoms with E-state index in [2.05, 4.69) is 10.2 Å². The number of aromatic nitrogens is 2. The molecule has 1 unspecified atom stereocenters. The molecule has 146 valence electrons. The minimum absolute atomic E-state index is 0.0611. The molecule has 6 nitrogen and oxygen atoms in total. The van der Waals surface area contributed by atoms with Crippen molar-refractivity contribution in [3.8, 4) is 0 Å². The van der Waals surface area contributed by atoms with Crippen LogP contribution < -0.4 is 0 Å². The number of piperidine rings is 1. The molecule has 2 heterocycles. The Bertz CT molecular complexity index is 742. The van der Waals surface area contributed by atoms with E-state index >= 15 is 0 Å². The number of amides is 1. The lowest BCUT2D eigenvalue weighted by molar-refractivity contribution is 0.00942. The van der Waals surface area contributed by atoms with Crippen molar-refractivity contribution in [2.45, 2.75) is 64.9 Å². The van der Waals surface area contributed by atoms with Crippen LogP contribution in [0.1, 0.15) is 61.7 Å². The van der Waals surface area contributed by atoms with Crippen LogP contribution >= 0.6 is 11.3 Å². The number of rotatable bonds is 5. The maximum absolute atomic E-state index is 12.6. The van der Waals surface area contributed by atoms with E-state index in [1.807, 2.05) is 51.1 Å². The highest BCUT2D eigenvalue weighted by Gasteiger charge is 2.33. The summed E-state index contributed by atoms with van der Waals surface area (Å²) in [6.07, 6.45) is 2.67. The molecule has 7 heteroatoms. The first-order chi connectivity index (χ1) is 12.9. The zero-order valence-electron chi connectivity index (χ0n) is 16.2. The highest BCUT2D eigenvalue weighted by molar-refractivity contribution is 7.11. The van der Waals surface area contributed by atoms with Crippen LogP contribution in [0.2, 0.25) is 0 Å². The van der Waals surface area contributed by atoms with Crippen LogP contribution in [0, 0.1) is 0 Å². The van der Waals surface area contributed by atoms with Crippen molar-refractivity contribution in [3.63, 3.8) is 0 Å². The number of carbonyl (C=O) groups is 1. The second kappa shape index (κ2) is 8.80. The van der Waals surface area contributed by atoms with Gasteiger partial charge in [0.05, 0.1) is 12.6 Å². The topological polar surface area (TPSA) is 64.5 Å². The first-order valence-corrected chi connectivity index (χ1v) is 10.2. The third-order valence-electron chi connectivity index (χ3n) is 4.24. The first kappa shape index (κ1) is 19.8. The Morgan fingerprint density at radius 2 is 1.96 bits per heavy atom. The van der Waals surface area contributed by atoms with Gasteiger partial charge in [-0.2, -0.15) is 0 Å². The molecule has 1 fully saturated rings. The summed E-state index contributed by atoms with van der Waals surface area (Å²) in [5, 5.41) is 10.3. The molecule has 0 saturated carbocycles. The number of likely N-dealkylation sites (tertiary alicyclic amines) is 1. The van der Waals surface area contributed by atoms with Gasteiger partial charge < -0.3 is 9.47 Å². The van der Waals surface area contributed by atoms with Gasteiger partial charge in [0.1, 0.15) is 22.2 Å². The lowest BCUT2D eigenvalue weighted by Gasteiger charge is -2.35. The molecule has 1 aromatic carbocycles. The van der Waals surface area contributed by atoms with E-state index in [-0.39, 0.29) is 12.1 Å². The zero-order chi connectivity index (χ0) is 19.3. The lowest BCUT2D eigenvalue weighted by atomic mass is 10.0. The summed E-state index contributed by atoms with van der Waals surface area (Å²) in [4.78, 5) is 14.4. The maximum Gasteiger partial charge on any atom is 0.410 e. The first-order valence-electron chi connectivity index (χ1n) is 9.36. The predicted octanol–water partition coefficient (Wildman–Crippen LogP) is 4.72. The van der Waals surface area contributed by atoms with Crippen LogP contribution in [0.4, 0.5) is 4.79 Å². The van der Waals surface area contributed by atoms with Crippen molar-refractivity contribution >= 4 is 17.4 Å². The Kier molecular flexibility index (Phi) is 6.44. The molecular formula is C20H27N3O3S. The normalized spacial score (nSPS) is 17.7. The molecule has 1 aliphatic rings. The molecule has 2 aromatic rings. The minimum atomic E-state index is -0.503. The van der Waals surface area contributed by atoms with E-state index in [1.54, 1.807) is 4.90 Å². The van der Waals surface area contributed by atoms with Gasteiger partial charge in [-0.3, -0.25) is 4.90 Å². The number of nitrogens with zero attached hydrogens (tertiary/aromatic N) is 3. The maximum atomic E-state index is 12.6. The Hall–Kier alpha value is -1.99. The Balaban J connectivity index is 1.60. The van der Waals surface area contributed by atoms with Gasteiger partial charge in [-0.1, -0.05) is 41.7 Å². The summed E-state index contributed by atoms with van der Waals surface area (Å²) in [5.41, 5.74) is 0.627. The summed E-state index contributed by atoms with van der Waals surface area (Å²) in [6, 6.07) is 9.99. The van der Waals surface area contributed by atoms with E-state index in [0.29, 0.717) is 19.8 Å². The van der Waals surface area contributed by atoms with Gasteiger partial charge in [-0.15, -0.1) is 10.2 Å². The molecule has 0 bridgehead atoms. The molecule has 3 rings (SSSR count). The number of benzene rings is 1. The Labute approximate surface area is 164 Å². The van der Waals surface area contributed by atoms with Crippen molar-refractivity contribution in [3.05, 3.63) is 45.9 Å². The molecule has 0 N–H and O–H groups in total. The highest BCUT2D eigenvalue weighted by Crippen LogP contribution is 2.33. The number of carbonyl (C=O) groups excluding carboxylic acids is 1. The van der Waals surface area contributed by atoms with Crippen LogP contribution in [0.5, 0.6) is 0 Å². The second-order valence-corrected chi connectivity index (χ2v) is 8.79. The highest BCUT2D eigenvalue weighted by atomic mass is 32.1. The Morgan fingerprint density at radius 1 is 1.19 bits per heavy atom. The van der Waals surface area contributed by atoms with Crippen LogP contribution in [-0.4, -0.2) is 33.3 Å². The molecular weight excluding hydrogens is 362 g/mol. The standard InChI is InChI=1S/C20H27N3O3S/c1-20(2,3)26-19(24)23-12-8-7-11-16(23)18-22-21-17(27-18)14-25-13-15-9-5-4-6-10-15/h4-6,9-10,16H,7-8,11-14H2,1-3H3. The fourth-order valence-corrected chi connectivity index (χ4v) is 3.95.